The van der Waals surface area contributed by atoms with E-state index in [2.05, 4.69) is 10.2 Å². The van der Waals surface area contributed by atoms with Crippen LogP contribution in [0.2, 0.25) is 0 Å². The summed E-state index contributed by atoms with van der Waals surface area (Å²) in [6.07, 6.45) is 0. The highest BCUT2D eigenvalue weighted by Gasteiger charge is 2.14. The number of hydrogen-bond acceptors (Lipinski definition) is 3. The summed E-state index contributed by atoms with van der Waals surface area (Å²) in [5, 5.41) is 15.3. The number of aryl methyl sites for hydroxylation is 2. The lowest BCUT2D eigenvalue weighted by molar-refractivity contribution is 0.0688. The van der Waals surface area contributed by atoms with E-state index in [1.54, 1.807) is 6.07 Å². The van der Waals surface area contributed by atoms with E-state index in [9.17, 15) is 9.59 Å². The molecule has 0 aliphatic rings. The maximum atomic E-state index is 11.8. The normalized spacial score (nSPS) is 9.10. The van der Waals surface area contributed by atoms with E-state index in [-0.39, 0.29) is 0 Å². The Morgan fingerprint density at radius 2 is 1.70 bits per heavy atom. The van der Waals surface area contributed by atoms with Crippen molar-refractivity contribution in [3.8, 4) is 0 Å². The lowest BCUT2D eigenvalue weighted by Gasteiger charge is -2.03. The van der Waals surface area contributed by atoms with Crippen molar-refractivity contribution in [2.45, 2.75) is 41.5 Å². The fraction of sp³-hybridized carbons (Fsp3) is 0.400. The monoisotopic (exact) mass is 278 g/mol. The Kier molecular flexibility index (Phi) is 7.21. The molecule has 0 saturated heterocycles. The van der Waals surface area contributed by atoms with E-state index in [4.69, 9.17) is 5.11 Å². The Balaban J connectivity index is 0.000000829. The molecule has 2 rings (SSSR count). The van der Waals surface area contributed by atoms with Crippen molar-refractivity contribution in [2.24, 2.45) is 0 Å². The lowest BCUT2D eigenvalue weighted by atomic mass is 10.1. The van der Waals surface area contributed by atoms with Crippen molar-refractivity contribution in [2.75, 3.05) is 0 Å². The van der Waals surface area contributed by atoms with Crippen LogP contribution in [0.4, 0.5) is 0 Å². The first-order chi connectivity index (χ1) is 9.50. The predicted octanol–water partition coefficient (Wildman–Crippen LogP) is 3.29. The summed E-state index contributed by atoms with van der Waals surface area (Å²) in [4.78, 5) is 22.6. The molecule has 0 atom stereocenters. The molecule has 0 amide bonds. The first-order valence-electron chi connectivity index (χ1n) is 6.73. The molecule has 110 valence electrons. The van der Waals surface area contributed by atoms with Gasteiger partial charge >= 0.3 is 5.97 Å². The summed E-state index contributed by atoms with van der Waals surface area (Å²) >= 11 is 0. The molecule has 0 aliphatic heterocycles. The zero-order chi connectivity index (χ0) is 15.9. The molecule has 0 saturated carbocycles. The Bertz CT molecular complexity index is 645. The van der Waals surface area contributed by atoms with Crippen LogP contribution >= 0.6 is 0 Å². The summed E-state index contributed by atoms with van der Waals surface area (Å²) in [5.41, 5.74) is 1.35. The van der Waals surface area contributed by atoms with Crippen molar-refractivity contribution >= 4 is 16.9 Å². The van der Waals surface area contributed by atoms with Gasteiger partial charge in [-0.05, 0) is 31.0 Å². The van der Waals surface area contributed by atoms with Gasteiger partial charge in [0.1, 0.15) is 0 Å². The molecule has 2 N–H and O–H groups in total. The fourth-order valence-electron chi connectivity index (χ4n) is 1.73. The largest absolute Gasteiger partial charge is 0.476 e. The Morgan fingerprint density at radius 3 is 2.20 bits per heavy atom. The molecular formula is C15H22N2O3. The Morgan fingerprint density at radius 1 is 1.15 bits per heavy atom. The van der Waals surface area contributed by atoms with E-state index in [1.165, 1.54) is 0 Å². The minimum Gasteiger partial charge on any atom is -0.476 e. The number of hydrogen-bond donors (Lipinski definition) is 2. The van der Waals surface area contributed by atoms with Crippen LogP contribution < -0.4 is 5.43 Å². The summed E-state index contributed by atoms with van der Waals surface area (Å²) < 4.78 is 0. The van der Waals surface area contributed by atoms with E-state index < -0.39 is 17.1 Å². The molecule has 0 bridgehead atoms. The van der Waals surface area contributed by atoms with E-state index in [1.807, 2.05) is 47.6 Å². The molecule has 0 unspecified atom stereocenters. The summed E-state index contributed by atoms with van der Waals surface area (Å²) in [6.45, 7) is 11.7. The number of H-pyrrole nitrogens is 1. The second-order valence-corrected chi connectivity index (χ2v) is 3.71. The van der Waals surface area contributed by atoms with Crippen LogP contribution in [0.15, 0.2) is 16.9 Å². The van der Waals surface area contributed by atoms with Gasteiger partial charge in [-0.3, -0.25) is 9.89 Å². The molecule has 1 heterocycles. The number of fused-ring (bicyclic) bond motifs is 1. The number of aromatic nitrogens is 2. The van der Waals surface area contributed by atoms with Crippen molar-refractivity contribution in [1.82, 2.24) is 10.2 Å². The Labute approximate surface area is 118 Å². The minimum absolute atomic E-state index is 0.366. The molecule has 5 nitrogen and oxygen atoms in total. The number of nitrogens with one attached hydrogen (secondary N) is 1. The van der Waals surface area contributed by atoms with Gasteiger partial charge in [-0.2, -0.15) is 5.10 Å². The zero-order valence-electron chi connectivity index (χ0n) is 12.9. The van der Waals surface area contributed by atoms with Crippen molar-refractivity contribution < 1.29 is 9.90 Å². The summed E-state index contributed by atoms with van der Waals surface area (Å²) in [5.74, 6) is -1.32. The van der Waals surface area contributed by atoms with E-state index >= 15 is 0 Å². The number of nitrogens with zero attached hydrogens (tertiary/aromatic N) is 1. The Hall–Kier alpha value is -2.17. The zero-order valence-corrected chi connectivity index (χ0v) is 12.9. The number of carboxylic acids is 1. The molecule has 1 aromatic carbocycles. The highest BCUT2D eigenvalue weighted by atomic mass is 16.4. The van der Waals surface area contributed by atoms with Gasteiger partial charge in [-0.25, -0.2) is 4.79 Å². The molecule has 0 radical (unpaired) electrons. The van der Waals surface area contributed by atoms with Gasteiger partial charge in [0.15, 0.2) is 0 Å². The third kappa shape index (κ3) is 3.66. The third-order valence-electron chi connectivity index (χ3n) is 2.42. The molecule has 1 aromatic heterocycles. The van der Waals surface area contributed by atoms with Crippen LogP contribution in [0.3, 0.4) is 0 Å². The number of carbonyl (C=O) groups is 1. The second kappa shape index (κ2) is 8.09. The fourth-order valence-corrected chi connectivity index (χ4v) is 1.73. The standard InChI is InChI=1S/C11H10N2O3.2C2H6/c1-5-3-6(2)8-7(4-5)10(14)9(11(15)16)13-12-8;2*1-2/h3-4H,1-2H3,(H,12,14)(H,15,16);2*1-2H3. The minimum atomic E-state index is -1.32. The van der Waals surface area contributed by atoms with Crippen LogP contribution in [0.1, 0.15) is 49.3 Å². The van der Waals surface area contributed by atoms with Gasteiger partial charge in [0.2, 0.25) is 11.1 Å². The quantitative estimate of drug-likeness (QED) is 0.838. The van der Waals surface area contributed by atoms with Crippen LogP contribution in [0.25, 0.3) is 10.9 Å². The van der Waals surface area contributed by atoms with Gasteiger partial charge in [-0.15, -0.1) is 0 Å². The molecule has 0 spiro atoms. The number of aromatic amines is 1. The molecule has 0 fully saturated rings. The topological polar surface area (TPSA) is 83.1 Å². The molecule has 20 heavy (non-hydrogen) atoms. The first kappa shape index (κ1) is 17.8. The van der Waals surface area contributed by atoms with Crippen LogP contribution in [0.5, 0.6) is 0 Å². The summed E-state index contributed by atoms with van der Waals surface area (Å²) in [6, 6.07) is 3.57. The maximum absolute atomic E-state index is 11.8. The number of benzene rings is 1. The van der Waals surface area contributed by atoms with Crippen LogP contribution in [-0.2, 0) is 0 Å². The summed E-state index contributed by atoms with van der Waals surface area (Å²) in [7, 11) is 0. The van der Waals surface area contributed by atoms with Crippen molar-refractivity contribution in [3.63, 3.8) is 0 Å². The number of rotatable bonds is 1. The number of carboxylic acid groups (broad SMARTS) is 1. The third-order valence-corrected chi connectivity index (χ3v) is 2.42. The molecule has 0 aliphatic carbocycles. The maximum Gasteiger partial charge on any atom is 0.360 e. The number of aromatic carboxylic acids is 1. The van der Waals surface area contributed by atoms with Gasteiger partial charge in [0.05, 0.1) is 10.9 Å². The van der Waals surface area contributed by atoms with Crippen LogP contribution in [-0.4, -0.2) is 21.3 Å². The highest BCUT2D eigenvalue weighted by molar-refractivity contribution is 5.91. The van der Waals surface area contributed by atoms with E-state index in [0.717, 1.165) is 11.1 Å². The van der Waals surface area contributed by atoms with Crippen LogP contribution in [0, 0.1) is 13.8 Å². The van der Waals surface area contributed by atoms with Gasteiger partial charge < -0.3 is 5.11 Å². The van der Waals surface area contributed by atoms with Crippen molar-refractivity contribution in [1.29, 1.82) is 0 Å². The SMILES string of the molecule is CC.CC.Cc1cc(C)c2[nH]nc(C(=O)O)c(=O)c2c1. The lowest BCUT2D eigenvalue weighted by Crippen LogP contribution is -2.18. The predicted molar refractivity (Wildman–Crippen MR) is 81.5 cm³/mol. The van der Waals surface area contributed by atoms with Gasteiger partial charge in [0.25, 0.3) is 0 Å². The second-order valence-electron chi connectivity index (χ2n) is 3.71. The first-order valence-corrected chi connectivity index (χ1v) is 6.73. The molecular weight excluding hydrogens is 256 g/mol. The highest BCUT2D eigenvalue weighted by Crippen LogP contribution is 2.14. The average molecular weight is 278 g/mol. The molecule has 2 aromatic rings. The van der Waals surface area contributed by atoms with E-state index in [0.29, 0.717) is 10.9 Å². The van der Waals surface area contributed by atoms with Crippen molar-refractivity contribution in [3.05, 3.63) is 39.2 Å². The smallest absolute Gasteiger partial charge is 0.360 e. The van der Waals surface area contributed by atoms with Gasteiger partial charge in [0, 0.05) is 0 Å². The average Bonchev–Trinajstić information content (AvgIpc) is 2.44. The van der Waals surface area contributed by atoms with Gasteiger partial charge in [-0.1, -0.05) is 33.8 Å². The molecule has 5 heteroatoms.